The molecule has 1 aromatic heterocycles. The van der Waals surface area contributed by atoms with Crippen LogP contribution in [0.4, 0.5) is 0 Å². The second-order valence-corrected chi connectivity index (χ2v) is 4.90. The molecule has 2 heterocycles. The zero-order valence-electron chi connectivity index (χ0n) is 11.1. The number of hydrogen-bond donors (Lipinski definition) is 2. The Hall–Kier alpha value is -2.10. The van der Waals surface area contributed by atoms with Crippen LogP contribution in [0.5, 0.6) is 0 Å². The average molecular weight is 254 g/mol. The Morgan fingerprint density at radius 1 is 1.32 bits per heavy atom. The maximum Gasteiger partial charge on any atom is 0.191 e. The lowest BCUT2D eigenvalue weighted by Gasteiger charge is -2.09. The van der Waals surface area contributed by atoms with Crippen LogP contribution in [0.3, 0.4) is 0 Å². The topological polar surface area (TPSA) is 49.3 Å². The first kappa shape index (κ1) is 12.0. The summed E-state index contributed by atoms with van der Waals surface area (Å²) < 4.78 is 0. The fourth-order valence-electron chi connectivity index (χ4n) is 2.34. The number of rotatable bonds is 3. The van der Waals surface area contributed by atoms with Gasteiger partial charge in [0.2, 0.25) is 0 Å². The lowest BCUT2D eigenvalue weighted by atomic mass is 10.1. The number of hydrogen-bond acceptors (Lipinski definition) is 4. The number of pyridine rings is 1. The van der Waals surface area contributed by atoms with E-state index in [1.54, 1.807) is 0 Å². The Morgan fingerprint density at radius 3 is 3.05 bits per heavy atom. The van der Waals surface area contributed by atoms with E-state index in [1.165, 1.54) is 10.9 Å². The molecule has 0 saturated carbocycles. The molecular weight excluding hydrogens is 236 g/mol. The summed E-state index contributed by atoms with van der Waals surface area (Å²) in [5.74, 6) is 0.917. The van der Waals surface area contributed by atoms with Gasteiger partial charge < -0.3 is 10.6 Å². The molecule has 19 heavy (non-hydrogen) atoms. The lowest BCUT2D eigenvalue weighted by molar-refractivity contribution is 0.712. The summed E-state index contributed by atoms with van der Waals surface area (Å²) in [7, 11) is 0. The Morgan fingerprint density at radius 2 is 2.21 bits per heavy atom. The van der Waals surface area contributed by atoms with E-state index < -0.39 is 0 Å². The molecule has 0 radical (unpaired) electrons. The van der Waals surface area contributed by atoms with Crippen LogP contribution in [-0.2, 0) is 6.42 Å². The molecule has 98 valence electrons. The van der Waals surface area contributed by atoms with Crippen molar-refractivity contribution < 1.29 is 0 Å². The van der Waals surface area contributed by atoms with Gasteiger partial charge in [0.25, 0.3) is 0 Å². The molecule has 0 spiro atoms. The van der Waals surface area contributed by atoms with Crippen LogP contribution in [0.2, 0.25) is 0 Å². The maximum atomic E-state index is 4.47. The predicted molar refractivity (Wildman–Crippen MR) is 78.3 cm³/mol. The molecular formula is C15H18N4. The largest absolute Gasteiger partial charge is 0.356 e. The first-order valence-corrected chi connectivity index (χ1v) is 6.70. The number of aliphatic imine (C=N–C) groups is 1. The van der Waals surface area contributed by atoms with Gasteiger partial charge in [-0.25, -0.2) is 0 Å². The number of fused-ring (bicyclic) bond motifs is 1. The number of nitrogens with one attached hydrogen (secondary N) is 2. The number of benzene rings is 1. The third-order valence-corrected chi connectivity index (χ3v) is 3.31. The molecule has 4 nitrogen and oxygen atoms in total. The van der Waals surface area contributed by atoms with E-state index in [4.69, 9.17) is 0 Å². The quantitative estimate of drug-likeness (QED) is 0.876. The summed E-state index contributed by atoms with van der Waals surface area (Å²) in [6.45, 7) is 3.86. The Bertz CT molecular complexity index is 601. The fourth-order valence-corrected chi connectivity index (χ4v) is 2.34. The zero-order valence-corrected chi connectivity index (χ0v) is 11.1. The zero-order chi connectivity index (χ0) is 13.1. The van der Waals surface area contributed by atoms with Gasteiger partial charge in [-0.05, 0) is 25.0 Å². The highest BCUT2D eigenvalue weighted by Gasteiger charge is 2.11. The van der Waals surface area contributed by atoms with E-state index in [-0.39, 0.29) is 0 Å². The van der Waals surface area contributed by atoms with Crippen LogP contribution in [0.25, 0.3) is 10.9 Å². The number of guanidine groups is 1. The van der Waals surface area contributed by atoms with Gasteiger partial charge in [-0.1, -0.05) is 24.3 Å². The maximum absolute atomic E-state index is 4.47. The molecule has 0 aliphatic carbocycles. The molecule has 1 aliphatic rings. The van der Waals surface area contributed by atoms with Gasteiger partial charge in [-0.2, -0.15) is 0 Å². The SMILES string of the molecule is CC1CN=C(NCCc2cccc3cccnc23)N1. The van der Waals surface area contributed by atoms with Crippen molar-refractivity contribution in [3.8, 4) is 0 Å². The van der Waals surface area contributed by atoms with Crippen molar-refractivity contribution >= 4 is 16.9 Å². The van der Waals surface area contributed by atoms with Gasteiger partial charge in [0.1, 0.15) is 0 Å². The smallest absolute Gasteiger partial charge is 0.191 e. The molecule has 0 amide bonds. The molecule has 2 aromatic rings. The summed E-state index contributed by atoms with van der Waals surface area (Å²) >= 11 is 0. The summed E-state index contributed by atoms with van der Waals surface area (Å²) in [5.41, 5.74) is 2.37. The summed E-state index contributed by atoms with van der Waals surface area (Å²) in [6, 6.07) is 10.9. The molecule has 4 heteroatoms. The third-order valence-electron chi connectivity index (χ3n) is 3.31. The average Bonchev–Trinajstić information content (AvgIpc) is 2.85. The van der Waals surface area contributed by atoms with Crippen molar-refractivity contribution in [2.24, 2.45) is 4.99 Å². The lowest BCUT2D eigenvalue weighted by Crippen LogP contribution is -2.38. The van der Waals surface area contributed by atoms with Gasteiger partial charge in [0, 0.05) is 24.2 Å². The molecule has 0 fully saturated rings. The molecule has 1 atom stereocenters. The first-order valence-electron chi connectivity index (χ1n) is 6.70. The standard InChI is InChI=1S/C15H18N4/c1-11-10-18-15(19-11)17-9-7-13-5-2-4-12-6-3-8-16-14(12)13/h2-6,8,11H,7,9-10H2,1H3,(H2,17,18,19). The van der Waals surface area contributed by atoms with E-state index in [0.717, 1.165) is 31.0 Å². The fraction of sp³-hybridized carbons (Fsp3) is 0.333. The number of aromatic nitrogens is 1. The van der Waals surface area contributed by atoms with E-state index in [2.05, 4.69) is 51.8 Å². The minimum Gasteiger partial charge on any atom is -0.356 e. The van der Waals surface area contributed by atoms with E-state index >= 15 is 0 Å². The third kappa shape index (κ3) is 2.67. The highest BCUT2D eigenvalue weighted by atomic mass is 15.2. The first-order chi connectivity index (χ1) is 9.33. The number of para-hydroxylation sites is 1. The van der Waals surface area contributed by atoms with Gasteiger partial charge in [0.05, 0.1) is 12.1 Å². The van der Waals surface area contributed by atoms with Crippen molar-refractivity contribution in [2.75, 3.05) is 13.1 Å². The van der Waals surface area contributed by atoms with Crippen molar-refractivity contribution in [3.05, 3.63) is 42.1 Å². The molecule has 1 aromatic carbocycles. The Kier molecular flexibility index (Phi) is 3.31. The molecule has 0 bridgehead atoms. The van der Waals surface area contributed by atoms with Gasteiger partial charge in [-0.3, -0.25) is 9.98 Å². The van der Waals surface area contributed by atoms with Gasteiger partial charge >= 0.3 is 0 Å². The summed E-state index contributed by atoms with van der Waals surface area (Å²) in [6.07, 6.45) is 2.80. The molecule has 0 saturated heterocycles. The minimum atomic E-state index is 0.446. The van der Waals surface area contributed by atoms with E-state index in [1.807, 2.05) is 12.3 Å². The van der Waals surface area contributed by atoms with Crippen molar-refractivity contribution in [2.45, 2.75) is 19.4 Å². The molecule has 1 unspecified atom stereocenters. The molecule has 1 aliphatic heterocycles. The predicted octanol–water partition coefficient (Wildman–Crippen LogP) is 1.71. The van der Waals surface area contributed by atoms with Crippen molar-refractivity contribution in [1.29, 1.82) is 0 Å². The second-order valence-electron chi connectivity index (χ2n) is 4.90. The highest BCUT2D eigenvalue weighted by Crippen LogP contribution is 2.15. The monoisotopic (exact) mass is 254 g/mol. The normalized spacial score (nSPS) is 18.2. The van der Waals surface area contributed by atoms with Crippen LogP contribution in [0, 0.1) is 0 Å². The van der Waals surface area contributed by atoms with Crippen LogP contribution in [0.15, 0.2) is 41.5 Å². The summed E-state index contributed by atoms with van der Waals surface area (Å²) in [4.78, 5) is 8.86. The van der Waals surface area contributed by atoms with Crippen LogP contribution in [-0.4, -0.2) is 30.1 Å². The van der Waals surface area contributed by atoms with Crippen molar-refractivity contribution in [3.63, 3.8) is 0 Å². The minimum absolute atomic E-state index is 0.446. The van der Waals surface area contributed by atoms with Crippen molar-refractivity contribution in [1.82, 2.24) is 15.6 Å². The van der Waals surface area contributed by atoms with Crippen LogP contribution >= 0.6 is 0 Å². The molecule has 3 rings (SSSR count). The van der Waals surface area contributed by atoms with Gasteiger partial charge in [-0.15, -0.1) is 0 Å². The summed E-state index contributed by atoms with van der Waals surface area (Å²) in [5, 5.41) is 7.84. The second kappa shape index (κ2) is 5.26. The van der Waals surface area contributed by atoms with E-state index in [0.29, 0.717) is 6.04 Å². The van der Waals surface area contributed by atoms with Crippen LogP contribution < -0.4 is 10.6 Å². The van der Waals surface area contributed by atoms with Crippen LogP contribution in [0.1, 0.15) is 12.5 Å². The Labute approximate surface area is 113 Å². The Balaban J connectivity index is 1.66. The number of nitrogens with zero attached hydrogens (tertiary/aromatic N) is 2. The molecule has 2 N–H and O–H groups in total. The van der Waals surface area contributed by atoms with Gasteiger partial charge in [0.15, 0.2) is 5.96 Å². The van der Waals surface area contributed by atoms with E-state index in [9.17, 15) is 0 Å². The highest BCUT2D eigenvalue weighted by molar-refractivity contribution is 5.82.